The van der Waals surface area contributed by atoms with Crippen LogP contribution in [-0.2, 0) is 4.79 Å². The Kier molecular flexibility index (Phi) is 4.46. The topological polar surface area (TPSA) is 64.6 Å². The van der Waals surface area contributed by atoms with Crippen LogP contribution in [0.4, 0.5) is 11.4 Å². The number of aliphatic hydroxyl groups is 1. The summed E-state index contributed by atoms with van der Waals surface area (Å²) in [5.41, 5.74) is 1.98. The summed E-state index contributed by atoms with van der Waals surface area (Å²) in [6.45, 7) is 6.52. The van der Waals surface area contributed by atoms with Crippen LogP contribution in [0, 0.1) is 0 Å². The molecule has 0 spiro atoms. The molecule has 1 aliphatic rings. The van der Waals surface area contributed by atoms with Crippen LogP contribution in [0.5, 0.6) is 0 Å². The first kappa shape index (κ1) is 16.1. The molecule has 1 heterocycles. The SMILES string of the molecule is CCNC1C(=O)Nc2cc(N(C)C(C)(C)CO)c(Cl)cc21. The zero-order valence-corrected chi connectivity index (χ0v) is 13.6. The molecule has 116 valence electrons. The summed E-state index contributed by atoms with van der Waals surface area (Å²) >= 11 is 6.39. The van der Waals surface area contributed by atoms with Gasteiger partial charge in [-0.1, -0.05) is 18.5 Å². The van der Waals surface area contributed by atoms with Gasteiger partial charge < -0.3 is 20.6 Å². The summed E-state index contributed by atoms with van der Waals surface area (Å²) in [5.74, 6) is -0.0656. The lowest BCUT2D eigenvalue weighted by atomic mass is 10.0. The van der Waals surface area contributed by atoms with E-state index in [1.807, 2.05) is 44.9 Å². The molecular weight excluding hydrogens is 290 g/mol. The molecule has 1 unspecified atom stereocenters. The average molecular weight is 312 g/mol. The standard InChI is InChI=1S/C15H22ClN3O2/c1-5-17-13-9-6-10(16)12(7-11(9)18-14(13)21)19(4)15(2,3)8-20/h6-7,13,17,20H,5,8H2,1-4H3,(H,18,21). The number of carbonyl (C=O) groups excluding carboxylic acids is 1. The van der Waals surface area contributed by atoms with Crippen molar-refractivity contribution in [2.45, 2.75) is 32.4 Å². The molecule has 0 saturated carbocycles. The highest BCUT2D eigenvalue weighted by Gasteiger charge is 2.32. The van der Waals surface area contributed by atoms with Crippen molar-refractivity contribution in [3.63, 3.8) is 0 Å². The van der Waals surface area contributed by atoms with E-state index in [9.17, 15) is 9.90 Å². The van der Waals surface area contributed by atoms with Gasteiger partial charge >= 0.3 is 0 Å². The van der Waals surface area contributed by atoms with Crippen LogP contribution >= 0.6 is 11.6 Å². The van der Waals surface area contributed by atoms with Crippen LogP contribution in [0.15, 0.2) is 12.1 Å². The number of hydrogen-bond donors (Lipinski definition) is 3. The van der Waals surface area contributed by atoms with Gasteiger partial charge in [-0.25, -0.2) is 0 Å². The van der Waals surface area contributed by atoms with Gasteiger partial charge in [0.2, 0.25) is 5.91 Å². The van der Waals surface area contributed by atoms with E-state index in [0.29, 0.717) is 11.6 Å². The highest BCUT2D eigenvalue weighted by molar-refractivity contribution is 6.33. The van der Waals surface area contributed by atoms with Crippen molar-refractivity contribution in [1.29, 1.82) is 0 Å². The molecule has 5 nitrogen and oxygen atoms in total. The van der Waals surface area contributed by atoms with Crippen molar-refractivity contribution in [2.24, 2.45) is 0 Å². The second-order valence-corrected chi connectivity index (χ2v) is 6.31. The Morgan fingerprint density at radius 3 is 2.71 bits per heavy atom. The zero-order chi connectivity index (χ0) is 15.8. The summed E-state index contributed by atoms with van der Waals surface area (Å²) in [6, 6.07) is 3.33. The number of likely N-dealkylation sites (N-methyl/N-ethyl adjacent to an activating group) is 2. The van der Waals surface area contributed by atoms with Gasteiger partial charge in [0.05, 0.1) is 22.9 Å². The number of fused-ring (bicyclic) bond motifs is 1. The lowest BCUT2D eigenvalue weighted by molar-refractivity contribution is -0.117. The molecule has 1 aliphatic heterocycles. The van der Waals surface area contributed by atoms with Gasteiger partial charge in [-0.3, -0.25) is 4.79 Å². The fourth-order valence-electron chi connectivity index (χ4n) is 2.37. The molecule has 6 heteroatoms. The molecule has 1 aromatic carbocycles. The van der Waals surface area contributed by atoms with Crippen molar-refractivity contribution in [1.82, 2.24) is 5.32 Å². The number of anilines is 2. The van der Waals surface area contributed by atoms with E-state index in [0.717, 1.165) is 16.9 Å². The van der Waals surface area contributed by atoms with E-state index in [1.54, 1.807) is 0 Å². The fraction of sp³-hybridized carbons (Fsp3) is 0.533. The molecule has 21 heavy (non-hydrogen) atoms. The lowest BCUT2D eigenvalue weighted by Gasteiger charge is -2.36. The third kappa shape index (κ3) is 2.86. The Morgan fingerprint density at radius 1 is 1.48 bits per heavy atom. The van der Waals surface area contributed by atoms with Crippen LogP contribution < -0.4 is 15.5 Å². The van der Waals surface area contributed by atoms with Gasteiger partial charge in [-0.2, -0.15) is 0 Å². The highest BCUT2D eigenvalue weighted by Crippen LogP contribution is 2.40. The number of halogens is 1. The number of aliphatic hydroxyl groups excluding tert-OH is 1. The Morgan fingerprint density at radius 2 is 2.14 bits per heavy atom. The predicted molar refractivity (Wildman–Crippen MR) is 86.1 cm³/mol. The van der Waals surface area contributed by atoms with Crippen molar-refractivity contribution in [3.05, 3.63) is 22.7 Å². The molecule has 1 atom stereocenters. The number of rotatable bonds is 5. The van der Waals surface area contributed by atoms with Crippen LogP contribution in [0.25, 0.3) is 0 Å². The maximum atomic E-state index is 12.0. The first-order chi connectivity index (χ1) is 9.81. The third-order valence-corrected chi connectivity index (χ3v) is 4.32. The number of hydrogen-bond acceptors (Lipinski definition) is 4. The molecule has 0 saturated heterocycles. The first-order valence-corrected chi connectivity index (χ1v) is 7.42. The number of benzene rings is 1. The normalized spacial score (nSPS) is 17.6. The van der Waals surface area contributed by atoms with Crippen molar-refractivity contribution >= 4 is 28.9 Å². The molecule has 1 aromatic rings. The van der Waals surface area contributed by atoms with Gasteiger partial charge in [-0.05, 0) is 32.5 Å². The Labute approximate surface area is 130 Å². The number of carbonyl (C=O) groups is 1. The molecule has 0 radical (unpaired) electrons. The van der Waals surface area contributed by atoms with Gasteiger partial charge in [0.15, 0.2) is 0 Å². The van der Waals surface area contributed by atoms with E-state index in [2.05, 4.69) is 10.6 Å². The van der Waals surface area contributed by atoms with Gasteiger partial charge in [-0.15, -0.1) is 0 Å². The van der Waals surface area contributed by atoms with Crippen LogP contribution in [0.2, 0.25) is 5.02 Å². The third-order valence-electron chi connectivity index (χ3n) is 4.01. The molecule has 2 rings (SSSR count). The Hall–Kier alpha value is -1.30. The summed E-state index contributed by atoms with van der Waals surface area (Å²) in [6.07, 6.45) is 0. The van der Waals surface area contributed by atoms with E-state index >= 15 is 0 Å². The minimum atomic E-state index is -0.443. The zero-order valence-electron chi connectivity index (χ0n) is 12.8. The van der Waals surface area contributed by atoms with E-state index in [-0.39, 0.29) is 18.6 Å². The molecule has 0 aliphatic carbocycles. The maximum absolute atomic E-state index is 12.0. The minimum Gasteiger partial charge on any atom is -0.394 e. The number of nitrogens with one attached hydrogen (secondary N) is 2. The quantitative estimate of drug-likeness (QED) is 0.779. The smallest absolute Gasteiger partial charge is 0.246 e. The summed E-state index contributed by atoms with van der Waals surface area (Å²) in [7, 11) is 1.88. The monoisotopic (exact) mass is 311 g/mol. The van der Waals surface area contributed by atoms with Gasteiger partial charge in [0.25, 0.3) is 0 Å². The lowest BCUT2D eigenvalue weighted by Crippen LogP contribution is -2.44. The molecule has 0 aromatic heterocycles. The van der Waals surface area contributed by atoms with E-state index in [1.165, 1.54) is 0 Å². The molecule has 3 N–H and O–H groups in total. The number of nitrogens with zero attached hydrogens (tertiary/aromatic N) is 1. The van der Waals surface area contributed by atoms with E-state index in [4.69, 9.17) is 11.6 Å². The average Bonchev–Trinajstić information content (AvgIpc) is 2.73. The molecule has 0 fully saturated rings. The van der Waals surface area contributed by atoms with Gasteiger partial charge in [0.1, 0.15) is 6.04 Å². The fourth-order valence-corrected chi connectivity index (χ4v) is 2.67. The molecule has 0 bridgehead atoms. The maximum Gasteiger partial charge on any atom is 0.246 e. The highest BCUT2D eigenvalue weighted by atomic mass is 35.5. The second-order valence-electron chi connectivity index (χ2n) is 5.90. The summed E-state index contributed by atoms with van der Waals surface area (Å²) in [5, 5.41) is 16.1. The molecular formula is C15H22ClN3O2. The Bertz CT molecular complexity index is 560. The van der Waals surface area contributed by atoms with Crippen LogP contribution in [-0.4, -0.2) is 36.8 Å². The number of amides is 1. The molecule has 1 amide bonds. The van der Waals surface area contributed by atoms with Gasteiger partial charge in [0, 0.05) is 18.3 Å². The Balaban J connectivity index is 2.42. The van der Waals surface area contributed by atoms with Crippen LogP contribution in [0.1, 0.15) is 32.4 Å². The second kappa shape index (κ2) is 5.83. The summed E-state index contributed by atoms with van der Waals surface area (Å²) < 4.78 is 0. The largest absolute Gasteiger partial charge is 0.394 e. The van der Waals surface area contributed by atoms with Crippen molar-refractivity contribution < 1.29 is 9.90 Å². The minimum absolute atomic E-state index is 0.00326. The van der Waals surface area contributed by atoms with Crippen molar-refractivity contribution in [3.8, 4) is 0 Å². The predicted octanol–water partition coefficient (Wildman–Crippen LogP) is 2.15. The van der Waals surface area contributed by atoms with Crippen LogP contribution in [0.3, 0.4) is 0 Å². The van der Waals surface area contributed by atoms with E-state index < -0.39 is 5.54 Å². The van der Waals surface area contributed by atoms with Crippen molar-refractivity contribution in [2.75, 3.05) is 30.4 Å². The summed E-state index contributed by atoms with van der Waals surface area (Å²) in [4.78, 5) is 13.9. The first-order valence-electron chi connectivity index (χ1n) is 7.04.